The van der Waals surface area contributed by atoms with E-state index >= 15 is 0 Å². The smallest absolute Gasteiger partial charge is 0.329 e. The first-order chi connectivity index (χ1) is 12.5. The summed E-state index contributed by atoms with van der Waals surface area (Å²) in [5.74, 6) is -1.99. The van der Waals surface area contributed by atoms with Crippen molar-refractivity contribution in [3.8, 4) is 5.95 Å². The van der Waals surface area contributed by atoms with Crippen molar-refractivity contribution in [2.24, 2.45) is 5.10 Å². The fraction of sp³-hybridized carbons (Fsp3) is 0. The molecule has 3 rings (SSSR count). The Labute approximate surface area is 157 Å². The highest BCUT2D eigenvalue weighted by Gasteiger charge is 2.15. The monoisotopic (exact) mass is 391 g/mol. The number of hydrogen-bond donors (Lipinski definition) is 3. The molecule has 0 aliphatic heterocycles. The Morgan fingerprint density at radius 1 is 1.08 bits per heavy atom. The highest BCUT2D eigenvalue weighted by molar-refractivity contribution is 6.42. The molecule has 3 N–H and O–H groups in total. The molecule has 26 heavy (non-hydrogen) atoms. The van der Waals surface area contributed by atoms with Crippen molar-refractivity contribution in [1.29, 1.82) is 0 Å². The molecule has 7 nitrogen and oxygen atoms in total. The lowest BCUT2D eigenvalue weighted by Gasteiger charge is -2.06. The predicted octanol–water partition coefficient (Wildman–Crippen LogP) is 3.53. The van der Waals surface area contributed by atoms with Crippen LogP contribution in [0, 0.1) is 0 Å². The Hall–Kier alpha value is -3.03. The molecule has 0 atom stereocenters. The fourth-order valence-electron chi connectivity index (χ4n) is 2.16. The van der Waals surface area contributed by atoms with Gasteiger partial charge in [-0.15, -0.1) is 0 Å². The quantitative estimate of drug-likeness (QED) is 0.360. The first-order valence-corrected chi connectivity index (χ1v) is 8.01. The van der Waals surface area contributed by atoms with E-state index in [2.05, 4.69) is 15.8 Å². The molecule has 0 radical (unpaired) electrons. The molecule has 0 spiro atoms. The molecule has 0 saturated heterocycles. The second-order valence-electron chi connectivity index (χ2n) is 5.09. The van der Waals surface area contributed by atoms with Crippen LogP contribution in [0.4, 0.5) is 5.69 Å². The van der Waals surface area contributed by atoms with Crippen molar-refractivity contribution in [3.63, 3.8) is 0 Å². The number of anilines is 1. The third kappa shape index (κ3) is 3.79. The van der Waals surface area contributed by atoms with Crippen molar-refractivity contribution < 1.29 is 19.1 Å². The molecule has 0 saturated carbocycles. The first-order valence-electron chi connectivity index (χ1n) is 7.25. The zero-order chi connectivity index (χ0) is 18.7. The Balaban J connectivity index is 1.66. The summed E-state index contributed by atoms with van der Waals surface area (Å²) in [6, 6.07) is 11.3. The minimum atomic E-state index is -1.01. The lowest BCUT2D eigenvalue weighted by atomic mass is 10.2. The number of amides is 2. The zero-order valence-electron chi connectivity index (χ0n) is 13.0. The van der Waals surface area contributed by atoms with Crippen molar-refractivity contribution in [1.82, 2.24) is 5.43 Å². The second-order valence-corrected chi connectivity index (χ2v) is 5.94. The van der Waals surface area contributed by atoms with Gasteiger partial charge in [0, 0.05) is 10.4 Å². The topological polar surface area (TPSA) is 104 Å². The molecule has 0 aliphatic carbocycles. The van der Waals surface area contributed by atoms with E-state index in [-0.39, 0.29) is 22.4 Å². The molecular weight excluding hydrogens is 381 g/mol. The molecule has 1 aromatic heterocycles. The number of fused-ring (bicyclic) bond motifs is 1. The number of furan rings is 1. The summed E-state index contributed by atoms with van der Waals surface area (Å²) in [7, 11) is 0. The van der Waals surface area contributed by atoms with Crippen LogP contribution in [-0.2, 0) is 9.59 Å². The largest absolute Gasteiger partial charge is 0.480 e. The van der Waals surface area contributed by atoms with E-state index in [9.17, 15) is 14.7 Å². The lowest BCUT2D eigenvalue weighted by molar-refractivity contribution is -0.136. The van der Waals surface area contributed by atoms with Gasteiger partial charge < -0.3 is 14.8 Å². The van der Waals surface area contributed by atoms with E-state index in [4.69, 9.17) is 27.6 Å². The van der Waals surface area contributed by atoms with E-state index in [0.717, 1.165) is 0 Å². The molecule has 2 aromatic carbocycles. The normalized spacial score (nSPS) is 11.0. The van der Waals surface area contributed by atoms with Gasteiger partial charge in [-0.3, -0.25) is 9.59 Å². The minimum Gasteiger partial charge on any atom is -0.480 e. The maximum atomic E-state index is 11.9. The minimum absolute atomic E-state index is 0.194. The third-order valence-electron chi connectivity index (χ3n) is 3.36. The number of benzene rings is 2. The molecule has 0 bridgehead atoms. The summed E-state index contributed by atoms with van der Waals surface area (Å²) < 4.78 is 5.15. The van der Waals surface area contributed by atoms with Gasteiger partial charge in [-0.05, 0) is 24.3 Å². The number of aromatic hydroxyl groups is 1. The fourth-order valence-corrected chi connectivity index (χ4v) is 2.62. The predicted molar refractivity (Wildman–Crippen MR) is 98.7 cm³/mol. The maximum Gasteiger partial charge on any atom is 0.329 e. The summed E-state index contributed by atoms with van der Waals surface area (Å²) in [4.78, 5) is 23.7. The van der Waals surface area contributed by atoms with Gasteiger partial charge in [-0.1, -0.05) is 41.4 Å². The number of rotatable bonds is 3. The summed E-state index contributed by atoms with van der Waals surface area (Å²) in [6.07, 6.45) is 1.18. The van der Waals surface area contributed by atoms with Crippen LogP contribution in [0.2, 0.25) is 10.0 Å². The van der Waals surface area contributed by atoms with Gasteiger partial charge in [0.25, 0.3) is 5.95 Å². The summed E-state index contributed by atoms with van der Waals surface area (Å²) in [5, 5.41) is 17.4. The Bertz CT molecular complexity index is 1030. The molecule has 2 amide bonds. The van der Waals surface area contributed by atoms with Gasteiger partial charge in [0.15, 0.2) is 5.76 Å². The Morgan fingerprint density at radius 2 is 1.81 bits per heavy atom. The van der Waals surface area contributed by atoms with Gasteiger partial charge >= 0.3 is 11.8 Å². The van der Waals surface area contributed by atoms with E-state index < -0.39 is 11.8 Å². The van der Waals surface area contributed by atoms with E-state index in [0.29, 0.717) is 15.8 Å². The number of nitrogens with zero attached hydrogens (tertiary/aromatic N) is 1. The number of hydrogen-bond acceptors (Lipinski definition) is 5. The van der Waals surface area contributed by atoms with Crippen LogP contribution in [0.3, 0.4) is 0 Å². The van der Waals surface area contributed by atoms with E-state index in [1.54, 1.807) is 24.3 Å². The lowest BCUT2D eigenvalue weighted by Crippen LogP contribution is -2.32. The van der Waals surface area contributed by atoms with E-state index in [1.165, 1.54) is 24.4 Å². The van der Waals surface area contributed by atoms with E-state index in [1.807, 2.05) is 0 Å². The molecule has 0 fully saturated rings. The van der Waals surface area contributed by atoms with Gasteiger partial charge in [0.2, 0.25) is 0 Å². The van der Waals surface area contributed by atoms with Crippen LogP contribution >= 0.6 is 23.2 Å². The molecule has 9 heteroatoms. The zero-order valence-corrected chi connectivity index (χ0v) is 14.5. The van der Waals surface area contributed by atoms with Crippen molar-refractivity contribution in [3.05, 3.63) is 58.3 Å². The number of halogens is 2. The highest BCUT2D eigenvalue weighted by atomic mass is 35.5. The van der Waals surface area contributed by atoms with Gasteiger partial charge in [0.1, 0.15) is 0 Å². The number of carbonyl (C=O) groups excluding carboxylic acids is 2. The van der Waals surface area contributed by atoms with Crippen LogP contribution in [0.1, 0.15) is 5.76 Å². The van der Waals surface area contributed by atoms with Crippen LogP contribution in [0.5, 0.6) is 5.95 Å². The van der Waals surface area contributed by atoms with Crippen LogP contribution in [-0.4, -0.2) is 23.1 Å². The molecule has 0 aliphatic rings. The maximum absolute atomic E-state index is 11.9. The highest BCUT2D eigenvalue weighted by Crippen LogP contribution is 2.29. The average molecular weight is 392 g/mol. The molecular formula is C17H11Cl2N3O4. The van der Waals surface area contributed by atoms with Crippen LogP contribution in [0.15, 0.2) is 52.0 Å². The Morgan fingerprint density at radius 3 is 2.54 bits per heavy atom. The van der Waals surface area contributed by atoms with Crippen molar-refractivity contribution >= 4 is 57.7 Å². The Kier molecular flexibility index (Phi) is 5.11. The number of carbonyl (C=O) groups is 2. The number of nitrogens with one attached hydrogen (secondary N) is 2. The molecule has 132 valence electrons. The van der Waals surface area contributed by atoms with Gasteiger partial charge in [-0.25, -0.2) is 5.43 Å². The summed E-state index contributed by atoms with van der Waals surface area (Å²) in [6.45, 7) is 0. The third-order valence-corrected chi connectivity index (χ3v) is 3.91. The molecule has 1 heterocycles. The second kappa shape index (κ2) is 7.47. The molecule has 3 aromatic rings. The summed E-state index contributed by atoms with van der Waals surface area (Å²) >= 11 is 11.7. The molecule has 0 unspecified atom stereocenters. The average Bonchev–Trinajstić information content (AvgIpc) is 2.94. The van der Waals surface area contributed by atoms with Crippen LogP contribution in [0.25, 0.3) is 10.8 Å². The van der Waals surface area contributed by atoms with Crippen molar-refractivity contribution in [2.45, 2.75) is 0 Å². The SMILES string of the molecule is O=C(N/N=C/c1oc(O)c2ccccc12)C(=O)Nc1ccc(Cl)cc1Cl. The van der Waals surface area contributed by atoms with Gasteiger partial charge in [0.05, 0.1) is 22.3 Å². The summed E-state index contributed by atoms with van der Waals surface area (Å²) in [5.41, 5.74) is 2.30. The van der Waals surface area contributed by atoms with Crippen molar-refractivity contribution in [2.75, 3.05) is 5.32 Å². The number of hydrazone groups is 1. The standard InChI is InChI=1S/C17H11Cl2N3O4/c18-9-5-6-13(12(19)7-9)21-15(23)16(24)22-20-8-14-10-3-1-2-4-11(10)17(25)26-14/h1-8,25H,(H,21,23)(H,22,24)/b20-8+. The first kappa shape index (κ1) is 17.8. The van der Waals surface area contributed by atoms with Crippen LogP contribution < -0.4 is 10.7 Å². The van der Waals surface area contributed by atoms with Gasteiger partial charge in [-0.2, -0.15) is 5.10 Å².